The van der Waals surface area contributed by atoms with Crippen molar-refractivity contribution in [3.05, 3.63) is 19.1 Å². The summed E-state index contributed by atoms with van der Waals surface area (Å²) in [6, 6.07) is 0. The Morgan fingerprint density at radius 2 is 1.53 bits per heavy atom. The van der Waals surface area contributed by atoms with Gasteiger partial charge in [-0.25, -0.2) is 0 Å². The van der Waals surface area contributed by atoms with E-state index in [4.69, 9.17) is 9.47 Å². The van der Waals surface area contributed by atoms with Crippen molar-refractivity contribution >= 4 is 23.1 Å². The average Bonchev–Trinajstić information content (AvgIpc) is 2.35. The molecule has 0 fully saturated rings. The van der Waals surface area contributed by atoms with E-state index in [2.05, 4.69) is 26.0 Å². The number of hydrogen-bond donors (Lipinski definition) is 0. The number of allylic oxidation sites excluding steroid dienone is 1. The first-order valence-electron chi connectivity index (χ1n) is 7.01. The fraction of sp³-hybridized carbons (Fsp3) is 0.800. The molecule has 0 bridgehead atoms. The van der Waals surface area contributed by atoms with Crippen molar-refractivity contribution in [1.29, 1.82) is 0 Å². The molecule has 0 rings (SSSR count). The maximum Gasteiger partial charge on any atom is 2.00 e. The maximum absolute atomic E-state index is 5.39. The fourth-order valence-corrected chi connectivity index (χ4v) is 1.55. The largest absolute Gasteiger partial charge is 2.00 e. The van der Waals surface area contributed by atoms with Crippen LogP contribution in [0.15, 0.2) is 12.2 Å². The van der Waals surface area contributed by atoms with Crippen molar-refractivity contribution in [2.45, 2.75) is 58.3 Å². The van der Waals surface area contributed by atoms with Crippen LogP contribution in [-0.4, -0.2) is 43.1 Å². The summed E-state index contributed by atoms with van der Waals surface area (Å²) in [7, 11) is 0. The van der Waals surface area contributed by atoms with Crippen LogP contribution in [0.25, 0.3) is 0 Å². The van der Waals surface area contributed by atoms with Gasteiger partial charge in [-0.3, -0.25) is 0 Å². The molecule has 0 aromatic carbocycles. The molecule has 0 heterocycles. The molecule has 0 saturated heterocycles. The van der Waals surface area contributed by atoms with Crippen LogP contribution in [0.1, 0.15) is 58.3 Å². The first-order valence-corrected chi connectivity index (χ1v) is 7.01. The van der Waals surface area contributed by atoms with Gasteiger partial charge in [0.05, 0.1) is 6.61 Å². The number of ether oxygens (including phenoxy) is 2. The van der Waals surface area contributed by atoms with Gasteiger partial charge in [0.1, 0.15) is 6.79 Å². The van der Waals surface area contributed by atoms with Crippen LogP contribution in [0.3, 0.4) is 0 Å². The molecule has 19 heavy (non-hydrogen) atoms. The molecule has 0 aliphatic carbocycles. The van der Waals surface area contributed by atoms with Crippen LogP contribution in [0.4, 0.5) is 0 Å². The Balaban J connectivity index is -0.00000128. The van der Waals surface area contributed by atoms with Crippen LogP contribution < -0.4 is 12.4 Å². The normalized spacial score (nSPS) is 10.2. The summed E-state index contributed by atoms with van der Waals surface area (Å²) in [5.74, 6) is 0. The molecular weight excluding hydrogens is 272 g/mol. The second-order valence-electron chi connectivity index (χ2n) is 4.25. The quantitative estimate of drug-likeness (QED) is 0.167. The number of hydrogen-bond acceptors (Lipinski definition) is 2. The van der Waals surface area contributed by atoms with Gasteiger partial charge in [0.15, 0.2) is 0 Å². The summed E-state index contributed by atoms with van der Waals surface area (Å²) in [6.45, 7) is 7.99. The van der Waals surface area contributed by atoms with Crippen molar-refractivity contribution in [2.75, 3.05) is 20.0 Å². The molecule has 0 aliphatic heterocycles. The van der Waals surface area contributed by atoms with E-state index in [9.17, 15) is 0 Å². The first kappa shape index (κ1) is 24.7. The van der Waals surface area contributed by atoms with Gasteiger partial charge >= 0.3 is 23.1 Å². The molecule has 4 heteroatoms. The summed E-state index contributed by atoms with van der Waals surface area (Å²) in [5.41, 5.74) is 0. The number of rotatable bonds is 13. The third kappa shape index (κ3) is 24.1. The molecule has 0 aliphatic rings. The summed E-state index contributed by atoms with van der Waals surface area (Å²) in [6.07, 6.45) is 13.8. The molecule has 2 nitrogen and oxygen atoms in total. The minimum Gasteiger partial charge on any atom is -1.00 e. The Labute approximate surface area is 142 Å². The molecule has 0 N–H and O–H groups in total. The summed E-state index contributed by atoms with van der Waals surface area (Å²) >= 11 is 0. The molecule has 0 aromatic heterocycles. The third-order valence-corrected chi connectivity index (χ3v) is 2.57. The maximum atomic E-state index is 5.39. The van der Waals surface area contributed by atoms with Crippen LogP contribution in [0.2, 0.25) is 0 Å². The molecule has 0 spiro atoms. The third-order valence-electron chi connectivity index (χ3n) is 2.57. The van der Waals surface area contributed by atoms with Crippen molar-refractivity contribution in [3.63, 3.8) is 0 Å². The Hall–Kier alpha value is 0.716. The molecule has 110 valence electrons. The van der Waals surface area contributed by atoms with Gasteiger partial charge < -0.3 is 28.8 Å². The standard InChI is InChI=1S/C15H29O2.ClH.Mg/c1-3-5-7-9-10-12-14-17-15-16-13-11-8-6-4-2;;/h6,8H,2-5,7,9-15H2,1H3;1H;/q-1;;+2/p-1/b8-6-;;. The predicted molar refractivity (Wildman–Crippen MR) is 79.6 cm³/mol. The minimum absolute atomic E-state index is 0. The van der Waals surface area contributed by atoms with Crippen molar-refractivity contribution in [3.8, 4) is 0 Å². The van der Waals surface area contributed by atoms with Gasteiger partial charge in [0, 0.05) is 6.61 Å². The molecule has 0 saturated carbocycles. The van der Waals surface area contributed by atoms with E-state index < -0.39 is 0 Å². The second kappa shape index (κ2) is 23.8. The van der Waals surface area contributed by atoms with Gasteiger partial charge in [0.25, 0.3) is 0 Å². The van der Waals surface area contributed by atoms with Crippen LogP contribution in [0, 0.1) is 6.92 Å². The predicted octanol–water partition coefficient (Wildman–Crippen LogP) is 1.13. The average molecular weight is 301 g/mol. The SMILES string of the molecule is [CH2-]C/C=C\CCOCOCCCCCCCC.[Cl-].[Mg+2]. The van der Waals surface area contributed by atoms with E-state index in [0.29, 0.717) is 6.79 Å². The Kier molecular flexibility index (Phi) is 30.9. The van der Waals surface area contributed by atoms with E-state index in [1.807, 2.05) is 0 Å². The molecule has 0 aromatic rings. The summed E-state index contributed by atoms with van der Waals surface area (Å²) < 4.78 is 10.7. The van der Waals surface area contributed by atoms with Gasteiger partial charge in [0.2, 0.25) is 0 Å². The van der Waals surface area contributed by atoms with Crippen LogP contribution in [0.5, 0.6) is 0 Å². The van der Waals surface area contributed by atoms with Gasteiger partial charge in [-0.2, -0.15) is 6.42 Å². The Morgan fingerprint density at radius 3 is 2.21 bits per heavy atom. The van der Waals surface area contributed by atoms with E-state index in [-0.39, 0.29) is 35.5 Å². The zero-order chi connectivity index (χ0) is 12.6. The zero-order valence-electron chi connectivity index (χ0n) is 12.5. The first-order chi connectivity index (χ1) is 8.41. The van der Waals surface area contributed by atoms with Crippen molar-refractivity contribution < 1.29 is 21.9 Å². The second-order valence-corrected chi connectivity index (χ2v) is 4.25. The molecular formula is C15H29ClMgO2. The van der Waals surface area contributed by atoms with E-state index in [1.54, 1.807) is 0 Å². The van der Waals surface area contributed by atoms with E-state index >= 15 is 0 Å². The smallest absolute Gasteiger partial charge is 1.00 e. The fourth-order valence-electron chi connectivity index (χ4n) is 1.55. The van der Waals surface area contributed by atoms with Gasteiger partial charge in [-0.15, -0.1) is 6.08 Å². The molecule has 0 unspecified atom stereocenters. The number of halogens is 1. The topological polar surface area (TPSA) is 18.5 Å². The van der Waals surface area contributed by atoms with Gasteiger partial charge in [-0.1, -0.05) is 45.1 Å². The van der Waals surface area contributed by atoms with E-state index in [1.165, 1.54) is 32.1 Å². The van der Waals surface area contributed by atoms with E-state index in [0.717, 1.165) is 32.5 Å². The minimum atomic E-state index is 0. The van der Waals surface area contributed by atoms with Gasteiger partial charge in [-0.05, 0) is 12.8 Å². The Morgan fingerprint density at radius 1 is 0.895 bits per heavy atom. The van der Waals surface area contributed by atoms with Crippen molar-refractivity contribution in [1.82, 2.24) is 0 Å². The summed E-state index contributed by atoms with van der Waals surface area (Å²) in [4.78, 5) is 0. The Bertz CT molecular complexity index is 166. The summed E-state index contributed by atoms with van der Waals surface area (Å²) in [5, 5.41) is 0. The monoisotopic (exact) mass is 300 g/mol. The molecule has 0 atom stereocenters. The van der Waals surface area contributed by atoms with Crippen LogP contribution in [-0.2, 0) is 9.47 Å². The van der Waals surface area contributed by atoms with Crippen molar-refractivity contribution in [2.24, 2.45) is 0 Å². The molecule has 0 amide bonds. The zero-order valence-corrected chi connectivity index (χ0v) is 14.7. The molecule has 0 radical (unpaired) electrons. The van der Waals surface area contributed by atoms with Crippen LogP contribution >= 0.6 is 0 Å². The number of unbranched alkanes of at least 4 members (excludes halogenated alkanes) is 5.